The summed E-state index contributed by atoms with van der Waals surface area (Å²) in [5, 5.41) is 26.1. The topological polar surface area (TPSA) is 224 Å². The number of carbonyl (C=O) groups excluding carboxylic acids is 6. The number of esters is 4. The summed E-state index contributed by atoms with van der Waals surface area (Å²) in [6.45, 7) is 23.0. The Morgan fingerprint density at radius 2 is 1.57 bits per heavy atom. The molecule has 1 aromatic rings. The number of rotatable bonds is 13. The van der Waals surface area contributed by atoms with Crippen LogP contribution < -0.4 is 10.6 Å². The highest BCUT2D eigenvalue weighted by molar-refractivity contribution is 5.86. The minimum Gasteiger partial charge on any atom is -0.477 e. The van der Waals surface area contributed by atoms with E-state index in [0.717, 1.165) is 97.7 Å². The molecule has 0 bridgehead atoms. The van der Waals surface area contributed by atoms with Gasteiger partial charge in [-0.3, -0.25) is 24.0 Å². The first-order valence-electron chi connectivity index (χ1n) is 24.6. The van der Waals surface area contributed by atoms with Crippen molar-refractivity contribution in [3.8, 4) is 0 Å². The monoisotopic (exact) mass is 950 g/mol. The third-order valence-corrected chi connectivity index (χ3v) is 18.6. The Bertz CT molecular complexity index is 2210. The fourth-order valence-corrected chi connectivity index (χ4v) is 15.4. The zero-order chi connectivity index (χ0) is 49.9. The van der Waals surface area contributed by atoms with Crippen molar-refractivity contribution < 1.29 is 57.6 Å². The van der Waals surface area contributed by atoms with Crippen LogP contribution in [0.1, 0.15) is 145 Å². The number of fused-ring (bicyclic) bond motifs is 7. The van der Waals surface area contributed by atoms with Gasteiger partial charge in [0, 0.05) is 27.7 Å². The van der Waals surface area contributed by atoms with Gasteiger partial charge in [0.15, 0.2) is 18.3 Å². The molecule has 0 spiro atoms. The average molecular weight is 950 g/mol. The second-order valence-corrected chi connectivity index (χ2v) is 22.4. The van der Waals surface area contributed by atoms with Gasteiger partial charge in [-0.2, -0.15) is 0 Å². The number of aliphatic hydroxyl groups is 1. The Balaban J connectivity index is 1.16. The maximum Gasteiger partial charge on any atom is 0.373 e. The fourth-order valence-electron chi connectivity index (χ4n) is 15.4. The van der Waals surface area contributed by atoms with Gasteiger partial charge in [-0.05, 0) is 128 Å². The maximum absolute atomic E-state index is 15.0. The summed E-state index contributed by atoms with van der Waals surface area (Å²) in [7, 11) is 1.15. The highest BCUT2D eigenvalue weighted by Crippen LogP contribution is 2.77. The highest BCUT2D eigenvalue weighted by atomic mass is 16.6. The average Bonchev–Trinajstić information content (AvgIpc) is 3.91. The number of amides is 2. The molecule has 1 aromatic heterocycles. The second kappa shape index (κ2) is 18.8. The quantitative estimate of drug-likeness (QED) is 0.120. The number of ether oxygens (including phenoxy) is 5. The van der Waals surface area contributed by atoms with Crippen molar-refractivity contribution in [2.75, 3.05) is 13.7 Å². The molecule has 6 aliphatic rings. The Hall–Kier alpha value is -4.80. The lowest BCUT2D eigenvalue weighted by Gasteiger charge is -2.72. The van der Waals surface area contributed by atoms with E-state index >= 15 is 4.79 Å². The van der Waals surface area contributed by atoms with Gasteiger partial charge in [-0.25, -0.2) is 9.48 Å². The molecule has 0 aromatic carbocycles. The van der Waals surface area contributed by atoms with Gasteiger partial charge in [-0.1, -0.05) is 52.0 Å². The number of hydrogen-bond acceptors (Lipinski definition) is 14. The third kappa shape index (κ3) is 8.75. The molecule has 376 valence electrons. The summed E-state index contributed by atoms with van der Waals surface area (Å²) in [6.07, 6.45) is 8.00. The molecule has 5 aliphatic carbocycles. The van der Waals surface area contributed by atoms with Crippen molar-refractivity contribution in [1.29, 1.82) is 0 Å². The molecule has 68 heavy (non-hydrogen) atoms. The first-order chi connectivity index (χ1) is 31.8. The molecular formula is C51H75N5O12. The summed E-state index contributed by atoms with van der Waals surface area (Å²) in [4.78, 5) is 77.8. The largest absolute Gasteiger partial charge is 0.477 e. The van der Waals surface area contributed by atoms with Crippen LogP contribution in [0.5, 0.6) is 0 Å². The number of hydrogen-bond donors (Lipinski definition) is 3. The molecule has 0 saturated heterocycles. The summed E-state index contributed by atoms with van der Waals surface area (Å²) in [5.41, 5.74) is 1.06. The molecule has 15 atom stereocenters. The van der Waals surface area contributed by atoms with E-state index in [1.165, 1.54) is 17.7 Å². The van der Waals surface area contributed by atoms with Gasteiger partial charge in [0.25, 0.3) is 0 Å². The Labute approximate surface area is 400 Å². The minimum atomic E-state index is -1.53. The molecule has 0 unspecified atom stereocenters. The molecule has 17 heteroatoms. The summed E-state index contributed by atoms with van der Waals surface area (Å²) in [6, 6.07) is -2.18. The normalized spacial score (nSPS) is 37.6. The van der Waals surface area contributed by atoms with Gasteiger partial charge in [0.05, 0.1) is 43.5 Å². The first kappa shape index (κ1) is 51.1. The molecule has 3 N–H and O–H groups in total. The lowest BCUT2D eigenvalue weighted by molar-refractivity contribution is -0.246. The molecule has 5 saturated carbocycles. The molecular weight excluding hydrogens is 875 g/mol. The van der Waals surface area contributed by atoms with E-state index in [4.69, 9.17) is 23.7 Å². The number of carbonyl (C=O) groups is 6. The molecule has 7 rings (SSSR count). The van der Waals surface area contributed by atoms with Crippen molar-refractivity contribution >= 4 is 35.7 Å². The number of nitrogens with one attached hydrogen (secondary N) is 2. The van der Waals surface area contributed by atoms with Crippen LogP contribution in [0.15, 0.2) is 30.2 Å². The van der Waals surface area contributed by atoms with Gasteiger partial charge in [-0.15, -0.1) is 5.10 Å². The number of nitrogens with zero attached hydrogens (tertiary/aromatic N) is 3. The van der Waals surface area contributed by atoms with E-state index in [1.54, 1.807) is 6.20 Å². The summed E-state index contributed by atoms with van der Waals surface area (Å²) in [5.74, 6) is -2.39. The van der Waals surface area contributed by atoms with Crippen LogP contribution in [0.3, 0.4) is 0 Å². The minimum absolute atomic E-state index is 0.00235. The van der Waals surface area contributed by atoms with Crippen LogP contribution in [0.2, 0.25) is 0 Å². The number of allylic oxidation sites excluding steroid dienone is 1. The summed E-state index contributed by atoms with van der Waals surface area (Å²) < 4.78 is 28.8. The van der Waals surface area contributed by atoms with Crippen molar-refractivity contribution in [1.82, 2.24) is 25.6 Å². The fraction of sp³-hybridized carbons (Fsp3) is 0.765. The van der Waals surface area contributed by atoms with Crippen LogP contribution >= 0.6 is 0 Å². The SMILES string of the molecule is C=C(C)[C@@H]1CC[C@]2(C(=O)NCc3cn([C@H]4C=C(C(=O)OC)O[C@@H]([C@H](OC(C)=O)[C@@H](COC(C)=O)OC(C)=O)[C@@H]4NC(C)=O)nn3)CC[C@]3(C)[C@H](CC[C@@H]4[C@@]5(C)CC[C@H](O)C(C)(C)[C@@H]5CC[C@]43C)[C@@H]12. The Morgan fingerprint density at radius 1 is 0.868 bits per heavy atom. The Kier molecular flexibility index (Phi) is 14.1. The maximum atomic E-state index is 15.0. The van der Waals surface area contributed by atoms with Crippen molar-refractivity contribution in [2.45, 2.75) is 176 Å². The van der Waals surface area contributed by atoms with Crippen LogP contribution in [0.4, 0.5) is 0 Å². The molecule has 1 aliphatic heterocycles. The molecule has 2 amide bonds. The molecule has 5 fully saturated rings. The van der Waals surface area contributed by atoms with Crippen molar-refractivity contribution in [3.05, 3.63) is 35.9 Å². The number of aliphatic hydroxyl groups excluding tert-OH is 1. The number of aromatic nitrogens is 3. The van der Waals surface area contributed by atoms with E-state index < -0.39 is 72.2 Å². The van der Waals surface area contributed by atoms with E-state index in [0.29, 0.717) is 23.4 Å². The third-order valence-electron chi connectivity index (χ3n) is 18.6. The van der Waals surface area contributed by atoms with Crippen LogP contribution in [0.25, 0.3) is 0 Å². The highest BCUT2D eigenvalue weighted by Gasteiger charge is 2.72. The van der Waals surface area contributed by atoms with Gasteiger partial charge in [0.1, 0.15) is 12.3 Å². The van der Waals surface area contributed by atoms with Crippen molar-refractivity contribution in [3.63, 3.8) is 0 Å². The van der Waals surface area contributed by atoms with Crippen LogP contribution in [0, 0.1) is 56.7 Å². The molecule has 0 radical (unpaired) electrons. The van der Waals surface area contributed by atoms with E-state index in [2.05, 4.69) is 69.1 Å². The lowest BCUT2D eigenvalue weighted by atomic mass is 9.32. The second-order valence-electron chi connectivity index (χ2n) is 22.4. The first-order valence-corrected chi connectivity index (χ1v) is 24.6. The zero-order valence-electron chi connectivity index (χ0n) is 42.0. The molecule has 17 nitrogen and oxygen atoms in total. The summed E-state index contributed by atoms with van der Waals surface area (Å²) >= 11 is 0. The van der Waals surface area contributed by atoms with Crippen LogP contribution in [-0.4, -0.2) is 100.0 Å². The Morgan fingerprint density at radius 3 is 2.21 bits per heavy atom. The van der Waals surface area contributed by atoms with Gasteiger partial charge in [0.2, 0.25) is 17.6 Å². The van der Waals surface area contributed by atoms with Gasteiger partial charge >= 0.3 is 23.9 Å². The smallest absolute Gasteiger partial charge is 0.373 e. The zero-order valence-corrected chi connectivity index (χ0v) is 42.0. The lowest BCUT2D eigenvalue weighted by Crippen LogP contribution is -2.67. The predicted octanol–water partition coefficient (Wildman–Crippen LogP) is 5.84. The van der Waals surface area contributed by atoms with Gasteiger partial charge < -0.3 is 39.4 Å². The standard InChI is InChI=1S/C51H75N5O12/c1-27(2)33-15-20-51(22-21-49(10)34(41(33)51)13-14-39-48(9)18-17-40(61)47(7,8)38(48)16-19-50(39,49)11)46(63)52-24-32-25-56(55-54-32)35-23-36(45(62)64-12)68-44(42(35)53-28(3)57)43(67-31(6)60)37(66-30(5)59)26-65-29(4)58/h23,25,33-35,37-44,61H,1,13-22,24,26H2,2-12H3,(H,52,63)(H,53,57)/t33-,34+,35-,37+,38-,39+,40-,41+,42+,43+,44+,48-,49+,50+,51-/m0/s1. The molecule has 2 heterocycles. The number of methoxy groups -OCH3 is 1. The van der Waals surface area contributed by atoms with Crippen molar-refractivity contribution in [2.24, 2.45) is 56.7 Å². The predicted molar refractivity (Wildman–Crippen MR) is 246 cm³/mol. The van der Waals surface area contributed by atoms with E-state index in [9.17, 15) is 29.1 Å². The van der Waals surface area contributed by atoms with Crippen LogP contribution in [-0.2, 0) is 59.0 Å². The van der Waals surface area contributed by atoms with E-state index in [1.807, 2.05) is 0 Å². The van der Waals surface area contributed by atoms with E-state index in [-0.39, 0.29) is 57.8 Å².